The highest BCUT2D eigenvalue weighted by atomic mass is 16.5. The maximum atomic E-state index is 12.3. The maximum Gasteiger partial charge on any atom is 0.311 e. The minimum Gasteiger partial charge on any atom is -0.493 e. The molecule has 28 heavy (non-hydrogen) atoms. The van der Waals surface area contributed by atoms with Gasteiger partial charge in [0.15, 0.2) is 17.6 Å². The highest BCUT2D eigenvalue weighted by Gasteiger charge is 2.31. The Hall–Kier alpha value is -3.27. The molecule has 1 aliphatic carbocycles. The van der Waals surface area contributed by atoms with Gasteiger partial charge in [-0.25, -0.2) is 0 Å². The van der Waals surface area contributed by atoms with Crippen LogP contribution >= 0.6 is 0 Å². The fraction of sp³-hybridized carbons (Fsp3) is 0.208. The summed E-state index contributed by atoms with van der Waals surface area (Å²) in [7, 11) is 3.21. The number of esters is 1. The number of carbonyl (C=O) groups is 1. The first-order chi connectivity index (χ1) is 13.7. The number of hydrogen-bond acceptors (Lipinski definition) is 4. The Morgan fingerprint density at radius 3 is 2.39 bits per heavy atom. The van der Waals surface area contributed by atoms with Crippen LogP contribution in [0.5, 0.6) is 11.5 Å². The molecule has 3 aromatic rings. The third-order valence-electron chi connectivity index (χ3n) is 5.64. The maximum absolute atomic E-state index is 12.3. The van der Waals surface area contributed by atoms with Crippen LogP contribution in [0.3, 0.4) is 0 Å². The van der Waals surface area contributed by atoms with Crippen LogP contribution < -0.4 is 9.47 Å². The summed E-state index contributed by atoms with van der Waals surface area (Å²) >= 11 is 0. The number of carbonyl (C=O) groups excluding carboxylic acids is 1. The van der Waals surface area contributed by atoms with E-state index in [9.17, 15) is 4.79 Å². The molecule has 0 fully saturated rings. The summed E-state index contributed by atoms with van der Waals surface area (Å²) in [5.41, 5.74) is 7.95. The van der Waals surface area contributed by atoms with E-state index in [1.54, 1.807) is 14.2 Å². The van der Waals surface area contributed by atoms with Gasteiger partial charge >= 0.3 is 5.97 Å². The number of cyclic esters (lactones) is 1. The molecule has 4 heteroatoms. The summed E-state index contributed by atoms with van der Waals surface area (Å²) in [6, 6.07) is 18.6. The second-order valence-corrected chi connectivity index (χ2v) is 7.20. The zero-order valence-corrected chi connectivity index (χ0v) is 15.8. The summed E-state index contributed by atoms with van der Waals surface area (Å²) in [6.45, 7) is 0. The van der Waals surface area contributed by atoms with Crippen LogP contribution in [0.4, 0.5) is 0 Å². The number of methoxy groups -OCH3 is 2. The number of ether oxygens (including phenoxy) is 3. The first-order valence-electron chi connectivity index (χ1n) is 9.33. The average molecular weight is 372 g/mol. The van der Waals surface area contributed by atoms with Crippen molar-refractivity contribution in [2.75, 3.05) is 14.2 Å². The Morgan fingerprint density at radius 2 is 1.57 bits per heavy atom. The molecule has 0 amide bonds. The molecule has 1 heterocycles. The molecule has 1 aliphatic heterocycles. The van der Waals surface area contributed by atoms with Crippen molar-refractivity contribution in [2.45, 2.75) is 18.9 Å². The van der Waals surface area contributed by atoms with Crippen molar-refractivity contribution >= 4 is 5.97 Å². The van der Waals surface area contributed by atoms with Crippen molar-refractivity contribution in [3.8, 4) is 22.6 Å². The monoisotopic (exact) mass is 372 g/mol. The van der Waals surface area contributed by atoms with E-state index < -0.39 is 6.10 Å². The van der Waals surface area contributed by atoms with E-state index in [0.717, 1.165) is 23.1 Å². The van der Waals surface area contributed by atoms with Gasteiger partial charge in [0.25, 0.3) is 0 Å². The van der Waals surface area contributed by atoms with Gasteiger partial charge in [-0.1, -0.05) is 36.4 Å². The zero-order chi connectivity index (χ0) is 19.3. The molecule has 4 nitrogen and oxygen atoms in total. The first kappa shape index (κ1) is 16.9. The normalized spacial score (nSPS) is 16.6. The number of benzene rings is 3. The molecular formula is C24H20O4. The third-order valence-corrected chi connectivity index (χ3v) is 5.64. The van der Waals surface area contributed by atoms with Crippen molar-refractivity contribution in [1.29, 1.82) is 0 Å². The lowest BCUT2D eigenvalue weighted by Crippen LogP contribution is -2.22. The standard InChI is InChI=1S/C24H20O4/c1-26-21-11-17-12-23(25)28-24(20(17)13-22(21)27-2)16-8-7-15-9-14-5-3-4-6-18(14)19(15)10-16/h3-8,10-11,13,24H,9,12H2,1-2H3/t24-/m0/s1. The largest absolute Gasteiger partial charge is 0.493 e. The number of hydrogen-bond donors (Lipinski definition) is 0. The summed E-state index contributed by atoms with van der Waals surface area (Å²) in [5.74, 6) is 1.03. The fourth-order valence-corrected chi connectivity index (χ4v) is 4.28. The molecule has 0 unspecified atom stereocenters. The smallest absolute Gasteiger partial charge is 0.311 e. The van der Waals surface area contributed by atoms with Gasteiger partial charge in [-0.15, -0.1) is 0 Å². The summed E-state index contributed by atoms with van der Waals surface area (Å²) < 4.78 is 16.7. The zero-order valence-electron chi connectivity index (χ0n) is 15.8. The van der Waals surface area contributed by atoms with Crippen molar-refractivity contribution in [2.24, 2.45) is 0 Å². The van der Waals surface area contributed by atoms with Crippen LogP contribution in [0.1, 0.15) is 33.9 Å². The Labute approximate surface area is 163 Å². The summed E-state index contributed by atoms with van der Waals surface area (Å²) in [5, 5.41) is 0. The van der Waals surface area contributed by atoms with E-state index in [1.165, 1.54) is 22.3 Å². The molecule has 3 aromatic carbocycles. The van der Waals surface area contributed by atoms with Gasteiger partial charge in [0.05, 0.1) is 20.6 Å². The molecule has 0 radical (unpaired) electrons. The van der Waals surface area contributed by atoms with Crippen molar-refractivity contribution in [3.05, 3.63) is 82.4 Å². The van der Waals surface area contributed by atoms with E-state index in [-0.39, 0.29) is 12.4 Å². The Bertz CT molecular complexity index is 1100. The van der Waals surface area contributed by atoms with Gasteiger partial charge in [0.1, 0.15) is 0 Å². The van der Waals surface area contributed by atoms with Gasteiger partial charge in [-0.05, 0) is 58.0 Å². The Kier molecular flexibility index (Phi) is 3.86. The van der Waals surface area contributed by atoms with Crippen LogP contribution in [0.15, 0.2) is 54.6 Å². The van der Waals surface area contributed by atoms with Crippen molar-refractivity contribution < 1.29 is 19.0 Å². The topological polar surface area (TPSA) is 44.8 Å². The number of fused-ring (bicyclic) bond motifs is 4. The third kappa shape index (κ3) is 2.56. The van der Waals surface area contributed by atoms with E-state index >= 15 is 0 Å². The quantitative estimate of drug-likeness (QED) is 0.498. The highest BCUT2D eigenvalue weighted by molar-refractivity contribution is 5.79. The van der Waals surface area contributed by atoms with Crippen molar-refractivity contribution in [1.82, 2.24) is 0 Å². The van der Waals surface area contributed by atoms with Crippen LogP contribution in [-0.4, -0.2) is 20.2 Å². The summed E-state index contributed by atoms with van der Waals surface area (Å²) in [4.78, 5) is 12.3. The van der Waals surface area contributed by atoms with Crippen molar-refractivity contribution in [3.63, 3.8) is 0 Å². The second kappa shape index (κ2) is 6.41. The Balaban J connectivity index is 1.63. The van der Waals surface area contributed by atoms with E-state index in [0.29, 0.717) is 11.5 Å². The lowest BCUT2D eigenvalue weighted by atomic mass is 9.90. The Morgan fingerprint density at radius 1 is 0.821 bits per heavy atom. The molecule has 0 N–H and O–H groups in total. The molecular weight excluding hydrogens is 352 g/mol. The van der Waals surface area contributed by atoms with Gasteiger partial charge in [-0.2, -0.15) is 0 Å². The predicted molar refractivity (Wildman–Crippen MR) is 106 cm³/mol. The van der Waals surface area contributed by atoms with Gasteiger partial charge in [0, 0.05) is 5.56 Å². The molecule has 0 bridgehead atoms. The van der Waals surface area contributed by atoms with Crippen LogP contribution in [0.2, 0.25) is 0 Å². The summed E-state index contributed by atoms with van der Waals surface area (Å²) in [6.07, 6.45) is 0.728. The van der Waals surface area contributed by atoms with Gasteiger partial charge in [-0.3, -0.25) is 4.79 Å². The first-order valence-corrected chi connectivity index (χ1v) is 9.33. The molecule has 0 saturated carbocycles. The van der Waals surface area contributed by atoms with Gasteiger partial charge in [0.2, 0.25) is 0 Å². The highest BCUT2D eigenvalue weighted by Crippen LogP contribution is 2.43. The molecule has 0 saturated heterocycles. The fourth-order valence-electron chi connectivity index (χ4n) is 4.28. The predicted octanol–water partition coefficient (Wildman–Crippen LogP) is 4.46. The SMILES string of the molecule is COc1cc2c(cc1OC)[C@H](c1ccc3c(c1)-c1ccccc1C3)OC(=O)C2. The lowest BCUT2D eigenvalue weighted by Gasteiger charge is -2.27. The van der Waals surface area contributed by atoms with E-state index in [2.05, 4.69) is 42.5 Å². The van der Waals surface area contributed by atoms with E-state index in [4.69, 9.17) is 14.2 Å². The van der Waals surface area contributed by atoms with E-state index in [1.807, 2.05) is 12.1 Å². The lowest BCUT2D eigenvalue weighted by molar-refractivity contribution is -0.148. The molecule has 1 atom stereocenters. The number of rotatable bonds is 3. The molecule has 140 valence electrons. The van der Waals surface area contributed by atoms with Crippen LogP contribution in [0, 0.1) is 0 Å². The molecule has 2 aliphatic rings. The minimum absolute atomic E-state index is 0.231. The van der Waals surface area contributed by atoms with Gasteiger partial charge < -0.3 is 14.2 Å². The average Bonchev–Trinajstić information content (AvgIpc) is 3.10. The minimum atomic E-state index is -0.450. The second-order valence-electron chi connectivity index (χ2n) is 7.20. The molecule has 5 rings (SSSR count). The van der Waals surface area contributed by atoms with Crippen LogP contribution in [-0.2, 0) is 22.4 Å². The molecule has 0 spiro atoms. The van der Waals surface area contributed by atoms with Crippen LogP contribution in [0.25, 0.3) is 11.1 Å². The molecule has 0 aromatic heterocycles.